The number of nitrogens with one attached hydrogen (secondary N) is 1. The minimum atomic E-state index is -0.544. The summed E-state index contributed by atoms with van der Waals surface area (Å²) in [6.45, 7) is 6.68. The lowest BCUT2D eigenvalue weighted by Crippen LogP contribution is -2.43. The number of piperidine rings is 1. The number of aromatic nitrogens is 3. The van der Waals surface area contributed by atoms with Gasteiger partial charge in [0, 0.05) is 19.5 Å². The Morgan fingerprint density at radius 3 is 2.81 bits per heavy atom. The Kier molecular flexibility index (Phi) is 5.34. The number of aromatic amines is 1. The van der Waals surface area contributed by atoms with Crippen LogP contribution in [-0.2, 0) is 11.2 Å². The van der Waals surface area contributed by atoms with Crippen LogP contribution in [0.15, 0.2) is 29.1 Å². The van der Waals surface area contributed by atoms with Crippen LogP contribution in [0.25, 0.3) is 5.69 Å². The minimum Gasteiger partial charge on any atom is -0.444 e. The Hall–Kier alpha value is -2.64. The SMILES string of the molecule is CC(C)(C)OC(=O)N1CCCC(Cc2n[nH]c(=O)n2-c2ccccc2F)C1. The van der Waals surface area contributed by atoms with Gasteiger partial charge >= 0.3 is 11.8 Å². The van der Waals surface area contributed by atoms with Crippen molar-refractivity contribution in [1.29, 1.82) is 0 Å². The molecule has 1 amide bonds. The zero-order valence-electron chi connectivity index (χ0n) is 15.9. The number of nitrogens with zero attached hydrogens (tertiary/aromatic N) is 3. The van der Waals surface area contributed by atoms with Gasteiger partial charge in [-0.3, -0.25) is 0 Å². The van der Waals surface area contributed by atoms with Gasteiger partial charge in [-0.1, -0.05) is 12.1 Å². The van der Waals surface area contributed by atoms with Crippen molar-refractivity contribution in [1.82, 2.24) is 19.7 Å². The third-order valence-corrected chi connectivity index (χ3v) is 4.48. The molecule has 1 aromatic carbocycles. The normalized spacial score (nSPS) is 17.8. The monoisotopic (exact) mass is 376 g/mol. The van der Waals surface area contributed by atoms with Gasteiger partial charge in [-0.25, -0.2) is 23.6 Å². The molecule has 1 aliphatic heterocycles. The van der Waals surface area contributed by atoms with Gasteiger partial charge in [0.1, 0.15) is 17.2 Å². The van der Waals surface area contributed by atoms with E-state index in [-0.39, 0.29) is 17.7 Å². The van der Waals surface area contributed by atoms with E-state index in [0.717, 1.165) is 12.8 Å². The van der Waals surface area contributed by atoms with Crippen molar-refractivity contribution in [3.8, 4) is 5.69 Å². The molecule has 1 aliphatic rings. The molecule has 0 spiro atoms. The van der Waals surface area contributed by atoms with Crippen LogP contribution < -0.4 is 5.69 Å². The maximum absolute atomic E-state index is 14.1. The first-order valence-electron chi connectivity index (χ1n) is 9.14. The van der Waals surface area contributed by atoms with Crippen LogP contribution in [0.1, 0.15) is 39.4 Å². The Bertz CT molecular complexity index is 868. The average molecular weight is 376 g/mol. The first kappa shape index (κ1) is 19.1. The second kappa shape index (κ2) is 7.54. The highest BCUT2D eigenvalue weighted by atomic mass is 19.1. The van der Waals surface area contributed by atoms with Gasteiger partial charge in [0.05, 0.1) is 5.69 Å². The lowest BCUT2D eigenvalue weighted by Gasteiger charge is -2.34. The Balaban J connectivity index is 1.76. The van der Waals surface area contributed by atoms with Crippen LogP contribution in [0.4, 0.5) is 9.18 Å². The van der Waals surface area contributed by atoms with Crippen molar-refractivity contribution in [3.05, 3.63) is 46.4 Å². The predicted octanol–water partition coefficient (Wildman–Crippen LogP) is 2.89. The highest BCUT2D eigenvalue weighted by Gasteiger charge is 2.29. The molecule has 2 heterocycles. The second-order valence-corrected chi connectivity index (χ2v) is 7.87. The number of hydrogen-bond acceptors (Lipinski definition) is 4. The molecule has 1 N–H and O–H groups in total. The van der Waals surface area contributed by atoms with Crippen molar-refractivity contribution < 1.29 is 13.9 Å². The summed E-state index contributed by atoms with van der Waals surface area (Å²) < 4.78 is 20.9. The lowest BCUT2D eigenvalue weighted by molar-refractivity contribution is 0.0165. The van der Waals surface area contributed by atoms with Crippen LogP contribution in [0, 0.1) is 11.7 Å². The fourth-order valence-electron chi connectivity index (χ4n) is 3.33. The number of rotatable bonds is 3. The summed E-state index contributed by atoms with van der Waals surface area (Å²) in [7, 11) is 0. The average Bonchev–Trinajstić information content (AvgIpc) is 2.94. The van der Waals surface area contributed by atoms with Gasteiger partial charge < -0.3 is 9.64 Å². The number of hydrogen-bond donors (Lipinski definition) is 1. The van der Waals surface area contributed by atoms with E-state index in [1.165, 1.54) is 10.6 Å². The van der Waals surface area contributed by atoms with Crippen LogP contribution in [0.3, 0.4) is 0 Å². The number of carbonyl (C=O) groups is 1. The van der Waals surface area contributed by atoms with Gasteiger partial charge in [0.15, 0.2) is 0 Å². The maximum atomic E-state index is 14.1. The molecule has 2 aromatic rings. The fraction of sp³-hybridized carbons (Fsp3) is 0.526. The van der Waals surface area contributed by atoms with Crippen molar-refractivity contribution in [2.24, 2.45) is 5.92 Å². The number of para-hydroxylation sites is 1. The molecular weight excluding hydrogens is 351 g/mol. The van der Waals surface area contributed by atoms with E-state index in [4.69, 9.17) is 4.74 Å². The zero-order valence-corrected chi connectivity index (χ0v) is 15.9. The van der Waals surface area contributed by atoms with E-state index in [9.17, 15) is 14.0 Å². The number of ether oxygens (including phenoxy) is 1. The number of carbonyl (C=O) groups excluding carboxylic acids is 1. The topological polar surface area (TPSA) is 80.2 Å². The smallest absolute Gasteiger partial charge is 0.410 e. The molecule has 1 aromatic heterocycles. The molecule has 7 nitrogen and oxygen atoms in total. The molecular formula is C19H25FN4O3. The van der Waals surface area contributed by atoms with E-state index in [2.05, 4.69) is 10.2 Å². The number of benzene rings is 1. The van der Waals surface area contributed by atoms with E-state index in [1.54, 1.807) is 23.1 Å². The Morgan fingerprint density at radius 1 is 1.37 bits per heavy atom. The summed E-state index contributed by atoms with van der Waals surface area (Å²) in [6.07, 6.45) is 1.88. The summed E-state index contributed by atoms with van der Waals surface area (Å²) in [5, 5.41) is 6.48. The molecule has 1 fully saturated rings. The van der Waals surface area contributed by atoms with Crippen molar-refractivity contribution in [2.75, 3.05) is 13.1 Å². The van der Waals surface area contributed by atoms with Gasteiger partial charge in [-0.15, -0.1) is 0 Å². The molecule has 1 atom stereocenters. The number of H-pyrrole nitrogens is 1. The number of likely N-dealkylation sites (tertiary alicyclic amines) is 1. The van der Waals surface area contributed by atoms with Crippen LogP contribution in [-0.4, -0.2) is 44.4 Å². The highest BCUT2D eigenvalue weighted by Crippen LogP contribution is 2.23. The fourth-order valence-corrected chi connectivity index (χ4v) is 3.33. The summed E-state index contributed by atoms with van der Waals surface area (Å²) in [5.74, 6) is 0.0920. The van der Waals surface area contributed by atoms with Crippen LogP contribution >= 0.6 is 0 Å². The molecule has 3 rings (SSSR count). The summed E-state index contributed by atoms with van der Waals surface area (Å²) in [5.41, 5.74) is -0.849. The predicted molar refractivity (Wildman–Crippen MR) is 98.4 cm³/mol. The van der Waals surface area contributed by atoms with Gasteiger partial charge in [0.25, 0.3) is 0 Å². The molecule has 1 unspecified atom stereocenters. The quantitative estimate of drug-likeness (QED) is 0.893. The van der Waals surface area contributed by atoms with Crippen molar-refractivity contribution in [3.63, 3.8) is 0 Å². The lowest BCUT2D eigenvalue weighted by atomic mass is 9.94. The zero-order chi connectivity index (χ0) is 19.6. The first-order chi connectivity index (χ1) is 12.7. The highest BCUT2D eigenvalue weighted by molar-refractivity contribution is 5.68. The number of amides is 1. The minimum absolute atomic E-state index is 0.118. The van der Waals surface area contributed by atoms with E-state index < -0.39 is 17.1 Å². The van der Waals surface area contributed by atoms with Gasteiger partial charge in [-0.2, -0.15) is 5.10 Å². The molecule has 0 bridgehead atoms. The molecule has 0 aliphatic carbocycles. The molecule has 8 heteroatoms. The standard InChI is InChI=1S/C19H25FN4O3/c1-19(2,3)27-18(26)23-10-6-7-13(12-23)11-16-21-22-17(25)24(16)15-9-5-4-8-14(15)20/h4-5,8-9,13H,6-7,10-12H2,1-3H3,(H,22,25). The summed E-state index contributed by atoms with van der Waals surface area (Å²) in [4.78, 5) is 26.2. The number of halogens is 1. The molecule has 0 saturated carbocycles. The molecule has 146 valence electrons. The Morgan fingerprint density at radius 2 is 2.11 bits per heavy atom. The first-order valence-corrected chi connectivity index (χ1v) is 9.14. The van der Waals surface area contributed by atoms with Crippen molar-refractivity contribution in [2.45, 2.75) is 45.6 Å². The van der Waals surface area contributed by atoms with Crippen molar-refractivity contribution >= 4 is 6.09 Å². The van der Waals surface area contributed by atoms with Gasteiger partial charge in [0.2, 0.25) is 0 Å². The van der Waals surface area contributed by atoms with Crippen LogP contribution in [0.5, 0.6) is 0 Å². The van der Waals surface area contributed by atoms with E-state index in [1.807, 2.05) is 20.8 Å². The molecule has 0 radical (unpaired) electrons. The second-order valence-electron chi connectivity index (χ2n) is 7.87. The largest absolute Gasteiger partial charge is 0.444 e. The third kappa shape index (κ3) is 4.56. The molecule has 27 heavy (non-hydrogen) atoms. The summed E-state index contributed by atoms with van der Waals surface area (Å²) in [6, 6.07) is 6.10. The maximum Gasteiger partial charge on any atom is 0.410 e. The Labute approximate surface area is 157 Å². The van der Waals surface area contributed by atoms with E-state index >= 15 is 0 Å². The van der Waals surface area contributed by atoms with E-state index in [0.29, 0.717) is 25.3 Å². The molecule has 1 saturated heterocycles. The van der Waals surface area contributed by atoms with Gasteiger partial charge in [-0.05, 0) is 51.7 Å². The summed E-state index contributed by atoms with van der Waals surface area (Å²) >= 11 is 0. The third-order valence-electron chi connectivity index (χ3n) is 4.48. The van der Waals surface area contributed by atoms with Crippen LogP contribution in [0.2, 0.25) is 0 Å².